The Hall–Kier alpha value is -2.10. The van der Waals surface area contributed by atoms with Crippen LogP contribution < -0.4 is 0 Å². The Morgan fingerprint density at radius 1 is 1.33 bits per heavy atom. The molecule has 0 fully saturated rings. The minimum Gasteiger partial charge on any atom is -0.466 e. The van der Waals surface area contributed by atoms with Gasteiger partial charge in [0.1, 0.15) is 12.2 Å². The van der Waals surface area contributed by atoms with Gasteiger partial charge < -0.3 is 9.15 Å². The van der Waals surface area contributed by atoms with Gasteiger partial charge in [0.25, 0.3) is 0 Å². The van der Waals surface area contributed by atoms with E-state index < -0.39 is 0 Å². The average Bonchev–Trinajstić information content (AvgIpc) is 2.78. The first-order valence-corrected chi connectivity index (χ1v) is 5.91. The summed E-state index contributed by atoms with van der Waals surface area (Å²) in [7, 11) is 0. The molecule has 0 spiro atoms. The van der Waals surface area contributed by atoms with Gasteiger partial charge in [-0.05, 0) is 12.5 Å². The van der Waals surface area contributed by atoms with Gasteiger partial charge in [-0.2, -0.15) is 0 Å². The number of nitrogens with zero attached hydrogens (tertiary/aromatic N) is 1. The van der Waals surface area contributed by atoms with E-state index >= 15 is 0 Å². The molecule has 1 heterocycles. The first kappa shape index (κ1) is 12.4. The van der Waals surface area contributed by atoms with E-state index in [0.29, 0.717) is 24.7 Å². The number of oxazole rings is 1. The molecule has 2 aromatic rings. The van der Waals surface area contributed by atoms with Gasteiger partial charge in [-0.15, -0.1) is 0 Å². The number of ether oxygens (including phenoxy) is 1. The summed E-state index contributed by atoms with van der Waals surface area (Å²) in [6.07, 6.45) is 2.34. The van der Waals surface area contributed by atoms with Gasteiger partial charge in [0.15, 0.2) is 5.89 Å². The number of aromatic nitrogens is 1. The van der Waals surface area contributed by atoms with Gasteiger partial charge in [0.05, 0.1) is 12.8 Å². The highest BCUT2D eigenvalue weighted by molar-refractivity contribution is 5.71. The van der Waals surface area contributed by atoms with Gasteiger partial charge in [-0.3, -0.25) is 4.79 Å². The van der Waals surface area contributed by atoms with Crippen LogP contribution in [0.4, 0.5) is 0 Å². The first-order valence-electron chi connectivity index (χ1n) is 5.91. The molecular weight excluding hydrogens is 230 g/mol. The summed E-state index contributed by atoms with van der Waals surface area (Å²) >= 11 is 0. The molecule has 0 aliphatic heterocycles. The zero-order chi connectivity index (χ0) is 12.8. The molecule has 0 amide bonds. The SMILES string of the molecule is CCOC(=O)Cc1cnc(Cc2ccccc2)o1. The zero-order valence-electron chi connectivity index (χ0n) is 10.3. The molecule has 0 aliphatic rings. The van der Waals surface area contributed by atoms with Crippen LogP contribution in [0.25, 0.3) is 0 Å². The molecule has 0 atom stereocenters. The summed E-state index contributed by atoms with van der Waals surface area (Å²) in [5, 5.41) is 0. The van der Waals surface area contributed by atoms with E-state index in [1.54, 1.807) is 13.1 Å². The van der Waals surface area contributed by atoms with Crippen molar-refractivity contribution >= 4 is 5.97 Å². The number of carbonyl (C=O) groups is 1. The number of hydrogen-bond donors (Lipinski definition) is 0. The number of rotatable bonds is 5. The summed E-state index contributed by atoms with van der Waals surface area (Å²) in [6.45, 7) is 2.16. The molecule has 1 aromatic carbocycles. The van der Waals surface area contributed by atoms with E-state index in [0.717, 1.165) is 5.56 Å². The topological polar surface area (TPSA) is 52.3 Å². The zero-order valence-corrected chi connectivity index (χ0v) is 10.3. The lowest BCUT2D eigenvalue weighted by Gasteiger charge is -1.98. The van der Waals surface area contributed by atoms with Crippen LogP contribution in [0.1, 0.15) is 24.1 Å². The van der Waals surface area contributed by atoms with Crippen molar-refractivity contribution in [3.05, 3.63) is 53.7 Å². The Balaban J connectivity index is 1.96. The molecule has 0 unspecified atom stereocenters. The fourth-order valence-electron chi connectivity index (χ4n) is 1.64. The average molecular weight is 245 g/mol. The minimum absolute atomic E-state index is 0.135. The van der Waals surface area contributed by atoms with Gasteiger partial charge in [0.2, 0.25) is 0 Å². The molecule has 0 saturated heterocycles. The highest BCUT2D eigenvalue weighted by Crippen LogP contribution is 2.10. The highest BCUT2D eigenvalue weighted by atomic mass is 16.5. The van der Waals surface area contributed by atoms with Crippen molar-refractivity contribution in [3.8, 4) is 0 Å². The van der Waals surface area contributed by atoms with E-state index in [4.69, 9.17) is 9.15 Å². The van der Waals surface area contributed by atoms with Crippen LogP contribution in [0.5, 0.6) is 0 Å². The van der Waals surface area contributed by atoms with E-state index in [1.165, 1.54) is 0 Å². The third-order valence-corrected chi connectivity index (χ3v) is 2.42. The minimum atomic E-state index is -0.292. The van der Waals surface area contributed by atoms with Crippen LogP contribution in [-0.2, 0) is 22.4 Å². The van der Waals surface area contributed by atoms with Gasteiger partial charge >= 0.3 is 5.97 Å². The Morgan fingerprint density at radius 2 is 2.11 bits per heavy atom. The molecule has 0 aliphatic carbocycles. The van der Waals surface area contributed by atoms with Gasteiger partial charge in [-0.25, -0.2) is 4.98 Å². The predicted octanol–water partition coefficient (Wildman–Crippen LogP) is 2.37. The molecule has 0 N–H and O–H groups in total. The molecule has 0 radical (unpaired) electrons. The van der Waals surface area contributed by atoms with Crippen LogP contribution in [0.2, 0.25) is 0 Å². The molecule has 94 valence electrons. The van der Waals surface area contributed by atoms with Crippen LogP contribution in [0.15, 0.2) is 40.9 Å². The molecule has 0 saturated carbocycles. The fraction of sp³-hybridized carbons (Fsp3) is 0.286. The fourth-order valence-corrected chi connectivity index (χ4v) is 1.64. The monoisotopic (exact) mass is 245 g/mol. The third kappa shape index (κ3) is 3.45. The van der Waals surface area contributed by atoms with Crippen molar-refractivity contribution in [3.63, 3.8) is 0 Å². The lowest BCUT2D eigenvalue weighted by atomic mass is 10.2. The normalized spacial score (nSPS) is 10.3. The van der Waals surface area contributed by atoms with Crippen molar-refractivity contribution in [2.24, 2.45) is 0 Å². The van der Waals surface area contributed by atoms with Gasteiger partial charge in [-0.1, -0.05) is 30.3 Å². The molecule has 1 aromatic heterocycles. The number of benzene rings is 1. The van der Waals surface area contributed by atoms with Gasteiger partial charge in [0, 0.05) is 6.42 Å². The largest absolute Gasteiger partial charge is 0.466 e. The predicted molar refractivity (Wildman–Crippen MR) is 66.1 cm³/mol. The second kappa shape index (κ2) is 6.00. The van der Waals surface area contributed by atoms with Crippen LogP contribution in [0, 0.1) is 0 Å². The quantitative estimate of drug-likeness (QED) is 0.759. The van der Waals surface area contributed by atoms with Crippen molar-refractivity contribution in [1.82, 2.24) is 4.98 Å². The standard InChI is InChI=1S/C14H15NO3/c1-2-17-14(16)9-12-10-15-13(18-12)8-11-6-4-3-5-7-11/h3-7,10H,2,8-9H2,1H3. The van der Waals surface area contributed by atoms with Crippen LogP contribution >= 0.6 is 0 Å². The van der Waals surface area contributed by atoms with Crippen molar-refractivity contribution in [2.75, 3.05) is 6.61 Å². The summed E-state index contributed by atoms with van der Waals surface area (Å²) in [5.41, 5.74) is 1.13. The summed E-state index contributed by atoms with van der Waals surface area (Å²) in [5.74, 6) is 0.861. The lowest BCUT2D eigenvalue weighted by Crippen LogP contribution is -2.06. The molecule has 4 nitrogen and oxygen atoms in total. The Kier molecular flexibility index (Phi) is 4.12. The molecule has 0 bridgehead atoms. The maximum absolute atomic E-state index is 11.3. The van der Waals surface area contributed by atoms with Crippen LogP contribution in [0.3, 0.4) is 0 Å². The maximum atomic E-state index is 11.3. The first-order chi connectivity index (χ1) is 8.78. The summed E-state index contributed by atoms with van der Waals surface area (Å²) in [6, 6.07) is 9.92. The molecule has 18 heavy (non-hydrogen) atoms. The number of esters is 1. The van der Waals surface area contributed by atoms with E-state index in [9.17, 15) is 4.79 Å². The summed E-state index contributed by atoms with van der Waals surface area (Å²) in [4.78, 5) is 15.4. The lowest BCUT2D eigenvalue weighted by molar-refractivity contribution is -0.142. The maximum Gasteiger partial charge on any atom is 0.313 e. The van der Waals surface area contributed by atoms with Crippen molar-refractivity contribution in [1.29, 1.82) is 0 Å². The highest BCUT2D eigenvalue weighted by Gasteiger charge is 2.10. The van der Waals surface area contributed by atoms with E-state index in [1.807, 2.05) is 30.3 Å². The Morgan fingerprint density at radius 3 is 2.83 bits per heavy atom. The van der Waals surface area contributed by atoms with E-state index in [-0.39, 0.29) is 12.4 Å². The third-order valence-electron chi connectivity index (χ3n) is 2.42. The Labute approximate surface area is 106 Å². The smallest absolute Gasteiger partial charge is 0.313 e. The molecular formula is C14H15NO3. The Bertz CT molecular complexity index is 505. The summed E-state index contributed by atoms with van der Waals surface area (Å²) < 4.78 is 10.3. The van der Waals surface area contributed by atoms with Crippen molar-refractivity contribution in [2.45, 2.75) is 19.8 Å². The molecule has 4 heteroatoms. The van der Waals surface area contributed by atoms with Crippen LogP contribution in [-0.4, -0.2) is 17.6 Å². The van der Waals surface area contributed by atoms with Crippen molar-refractivity contribution < 1.29 is 13.9 Å². The van der Waals surface area contributed by atoms with E-state index in [2.05, 4.69) is 4.98 Å². The number of carbonyl (C=O) groups excluding carboxylic acids is 1. The molecule has 2 rings (SSSR count). The second-order valence-corrected chi connectivity index (χ2v) is 3.86. The second-order valence-electron chi connectivity index (χ2n) is 3.86. The number of hydrogen-bond acceptors (Lipinski definition) is 4.